The highest BCUT2D eigenvalue weighted by Gasteiger charge is 2.16. The Morgan fingerprint density at radius 1 is 1.03 bits per heavy atom. The largest absolute Gasteiger partial charge is 0.353 e. The Morgan fingerprint density at radius 2 is 1.77 bits per heavy atom. The van der Waals surface area contributed by atoms with Crippen LogP contribution in [-0.2, 0) is 0 Å². The molecule has 0 atom stereocenters. The zero-order valence-corrected chi connectivity index (χ0v) is 16.7. The molecule has 0 aliphatic carbocycles. The van der Waals surface area contributed by atoms with E-state index < -0.39 is 4.92 Å². The van der Waals surface area contributed by atoms with E-state index in [0.29, 0.717) is 28.8 Å². The van der Waals surface area contributed by atoms with Gasteiger partial charge in [0.15, 0.2) is 0 Å². The van der Waals surface area contributed by atoms with Gasteiger partial charge in [-0.1, -0.05) is 30.3 Å². The number of hydrogen-bond acceptors (Lipinski definition) is 6. The number of benzene rings is 2. The van der Waals surface area contributed by atoms with Gasteiger partial charge >= 0.3 is 5.78 Å². The Morgan fingerprint density at radius 3 is 2.48 bits per heavy atom. The molecule has 0 saturated heterocycles. The lowest BCUT2D eigenvalue weighted by Gasteiger charge is -2.04. The first-order chi connectivity index (χ1) is 15.0. The molecule has 0 N–H and O–H groups in total. The van der Waals surface area contributed by atoms with Crippen molar-refractivity contribution in [3.63, 3.8) is 0 Å². The molecule has 0 saturated carbocycles. The highest BCUT2D eigenvalue weighted by atomic mass is 16.6. The van der Waals surface area contributed by atoms with Gasteiger partial charge < -0.3 is 4.98 Å². The summed E-state index contributed by atoms with van der Waals surface area (Å²) in [5.74, 6) is 1.52. The summed E-state index contributed by atoms with van der Waals surface area (Å²) in [6.45, 7) is 3.86. The third-order valence-corrected chi connectivity index (χ3v) is 4.81. The van der Waals surface area contributed by atoms with Crippen molar-refractivity contribution in [3.8, 4) is 11.3 Å². The summed E-state index contributed by atoms with van der Waals surface area (Å²) < 4.78 is 3.48. The van der Waals surface area contributed by atoms with Crippen molar-refractivity contribution in [2.75, 3.05) is 0 Å². The average molecular weight is 412 g/mol. The molecule has 5 rings (SSSR count). The lowest BCUT2D eigenvalue weighted by Crippen LogP contribution is -2.30. The van der Waals surface area contributed by atoms with Crippen molar-refractivity contribution in [1.82, 2.24) is 19.5 Å². The molecular weight excluding hydrogens is 396 g/mol. The molecule has 0 aliphatic rings. The Hall–Kier alpha value is -4.47. The smallest absolute Gasteiger partial charge is 0.303 e. The van der Waals surface area contributed by atoms with Gasteiger partial charge in [-0.3, -0.25) is 14.5 Å². The number of imidazole rings is 1. The average Bonchev–Trinajstić information content (AvgIpc) is 3.30. The fourth-order valence-electron chi connectivity index (χ4n) is 3.40. The van der Waals surface area contributed by atoms with Crippen LogP contribution in [0.25, 0.3) is 22.8 Å². The predicted molar refractivity (Wildman–Crippen MR) is 112 cm³/mol. The van der Waals surface area contributed by atoms with Crippen LogP contribution in [0.1, 0.15) is 11.4 Å². The van der Waals surface area contributed by atoms with E-state index in [2.05, 4.69) is 25.3 Å². The number of aryl methyl sites for hydroxylation is 2. The zero-order chi connectivity index (χ0) is 21.5. The van der Waals surface area contributed by atoms with Crippen molar-refractivity contribution in [3.05, 3.63) is 82.2 Å². The van der Waals surface area contributed by atoms with Crippen molar-refractivity contribution >= 4 is 28.7 Å². The maximum absolute atomic E-state index is 10.9. The molecule has 3 heterocycles. The Bertz CT molecular complexity index is 1470. The van der Waals surface area contributed by atoms with Crippen LogP contribution in [-0.4, -0.2) is 19.3 Å². The minimum Gasteiger partial charge on any atom is -0.353 e. The first-order valence-electron chi connectivity index (χ1n) is 9.48. The molecule has 10 heteroatoms. The molecular formula is C21H16N8O2. The molecule has 0 radical (unpaired) electrons. The molecule has 10 nitrogen and oxygen atoms in total. The normalized spacial score (nSPS) is 11.7. The van der Waals surface area contributed by atoms with Crippen LogP contribution in [0.4, 0.5) is 17.2 Å². The molecule has 0 fully saturated rings. The summed E-state index contributed by atoms with van der Waals surface area (Å²) in [4.78, 5) is 19.7. The van der Waals surface area contributed by atoms with Crippen LogP contribution < -0.4 is 9.61 Å². The topological polar surface area (TPSA) is 116 Å². The molecule has 2 aromatic carbocycles. The quantitative estimate of drug-likeness (QED) is 0.191. The second-order valence-electron chi connectivity index (χ2n) is 7.01. The predicted octanol–water partition coefficient (Wildman–Crippen LogP) is 4.03. The molecule has 0 bridgehead atoms. The van der Waals surface area contributed by atoms with Gasteiger partial charge in [-0.25, -0.2) is 5.10 Å². The fraction of sp³-hybridized carbons (Fsp3) is 0.0952. The van der Waals surface area contributed by atoms with Crippen molar-refractivity contribution < 1.29 is 9.44 Å². The number of aromatic nitrogens is 5. The number of azo groups is 1. The third kappa shape index (κ3) is 3.19. The second-order valence-corrected chi connectivity index (χ2v) is 7.01. The molecule has 0 unspecified atom stereocenters. The molecule has 31 heavy (non-hydrogen) atoms. The Kier molecular flexibility index (Phi) is 4.25. The molecule has 0 spiro atoms. The van der Waals surface area contributed by atoms with E-state index in [1.54, 1.807) is 21.0 Å². The molecule has 5 aromatic rings. The van der Waals surface area contributed by atoms with E-state index in [1.807, 2.05) is 50.2 Å². The van der Waals surface area contributed by atoms with E-state index in [-0.39, 0.29) is 5.69 Å². The van der Waals surface area contributed by atoms with Gasteiger partial charge in [0.05, 0.1) is 22.1 Å². The first-order valence-corrected chi connectivity index (χ1v) is 9.48. The summed E-state index contributed by atoms with van der Waals surface area (Å²) >= 11 is 0. The van der Waals surface area contributed by atoms with Crippen LogP contribution in [0.5, 0.6) is 0 Å². The minimum atomic E-state index is -0.454. The minimum absolute atomic E-state index is 0.00607. The number of rotatable bonds is 4. The van der Waals surface area contributed by atoms with Gasteiger partial charge in [0.25, 0.3) is 5.69 Å². The Labute approximate surface area is 175 Å². The van der Waals surface area contributed by atoms with E-state index in [4.69, 9.17) is 0 Å². The van der Waals surface area contributed by atoms with Gasteiger partial charge in [0.1, 0.15) is 11.5 Å². The summed E-state index contributed by atoms with van der Waals surface area (Å²) in [6.07, 6.45) is 0. The second kappa shape index (κ2) is 7.10. The van der Waals surface area contributed by atoms with Crippen LogP contribution in [0.3, 0.4) is 0 Å². The van der Waals surface area contributed by atoms with Gasteiger partial charge in [0, 0.05) is 23.9 Å². The van der Waals surface area contributed by atoms with Crippen LogP contribution in [0.15, 0.2) is 70.9 Å². The highest BCUT2D eigenvalue weighted by Crippen LogP contribution is 2.32. The van der Waals surface area contributed by atoms with Gasteiger partial charge in [-0.05, 0) is 31.5 Å². The first kappa shape index (κ1) is 18.6. The number of nitrogens with zero attached hydrogens (tertiary/aromatic N) is 8. The SMILES string of the molecule is Cc1cc(C)[n+]2[n-]c3nc(-c4ccccc4)c(N=Nc4ccc([N+](=O)[O-])cc4)n3c2n1. The zero-order valence-electron chi connectivity index (χ0n) is 16.7. The maximum Gasteiger partial charge on any atom is 0.303 e. The van der Waals surface area contributed by atoms with Crippen LogP contribution >= 0.6 is 0 Å². The number of nitro benzene ring substituents is 1. The van der Waals surface area contributed by atoms with Gasteiger partial charge in [0.2, 0.25) is 0 Å². The summed E-state index contributed by atoms with van der Waals surface area (Å²) in [5, 5.41) is 24.2. The van der Waals surface area contributed by atoms with Gasteiger partial charge in [-0.15, -0.1) is 10.1 Å². The number of hydrogen-bond donors (Lipinski definition) is 0. The number of non-ortho nitro benzene ring substituents is 1. The number of fused-ring (bicyclic) bond motifs is 3. The summed E-state index contributed by atoms with van der Waals surface area (Å²) in [5.41, 5.74) is 3.74. The highest BCUT2D eigenvalue weighted by molar-refractivity contribution is 5.74. The lowest BCUT2D eigenvalue weighted by atomic mass is 10.1. The van der Waals surface area contributed by atoms with Crippen molar-refractivity contribution in [2.24, 2.45) is 10.2 Å². The number of nitro groups is 1. The summed E-state index contributed by atoms with van der Waals surface area (Å²) in [7, 11) is 0. The van der Waals surface area contributed by atoms with Crippen LogP contribution in [0, 0.1) is 24.0 Å². The Balaban J connectivity index is 1.72. The molecule has 0 aliphatic heterocycles. The maximum atomic E-state index is 10.9. The van der Waals surface area contributed by atoms with Gasteiger partial charge in [-0.2, -0.15) is 9.63 Å². The molecule has 3 aromatic heterocycles. The fourth-order valence-corrected chi connectivity index (χ4v) is 3.40. The monoisotopic (exact) mass is 412 g/mol. The molecule has 0 amide bonds. The third-order valence-electron chi connectivity index (χ3n) is 4.81. The van der Waals surface area contributed by atoms with Crippen molar-refractivity contribution in [1.29, 1.82) is 0 Å². The molecule has 152 valence electrons. The van der Waals surface area contributed by atoms with E-state index >= 15 is 0 Å². The van der Waals surface area contributed by atoms with E-state index in [0.717, 1.165) is 17.0 Å². The lowest BCUT2D eigenvalue weighted by molar-refractivity contribution is -0.591. The van der Waals surface area contributed by atoms with E-state index in [1.165, 1.54) is 12.1 Å². The summed E-state index contributed by atoms with van der Waals surface area (Å²) in [6, 6.07) is 17.5. The standard InChI is InChI=1S/C21H16N8O2/c1-13-12-14(2)28-21(22-13)27-19(25-24-16-8-10-17(11-9-16)29(30)31)18(23-20(27)26-28)15-6-4-3-5-7-15/h3-12H,1-2H3. The van der Waals surface area contributed by atoms with E-state index in [9.17, 15) is 10.1 Å². The van der Waals surface area contributed by atoms with Crippen molar-refractivity contribution in [2.45, 2.75) is 13.8 Å². The van der Waals surface area contributed by atoms with Crippen LogP contribution in [0.2, 0.25) is 0 Å².